The molecule has 2 aliphatic heterocycles. The van der Waals surface area contributed by atoms with Crippen molar-refractivity contribution in [3.05, 3.63) is 124 Å². The number of thiazole rings is 1. The maximum atomic E-state index is 14.2. The van der Waals surface area contributed by atoms with Crippen molar-refractivity contribution in [1.29, 1.82) is 5.26 Å². The van der Waals surface area contributed by atoms with Crippen molar-refractivity contribution in [3.8, 4) is 28.0 Å². The zero-order valence-electron chi connectivity index (χ0n) is 39.3. The fraction of sp³-hybridized carbons (Fsp3) is 0.353. The fourth-order valence-corrected chi connectivity index (χ4v) is 9.12. The third-order valence-electron chi connectivity index (χ3n) is 12.1. The Hall–Kier alpha value is -7.30. The number of hydrogen-bond acceptors (Lipinski definition) is 11. The number of aryl methyl sites for hydroxylation is 1. The van der Waals surface area contributed by atoms with Crippen molar-refractivity contribution in [2.24, 2.45) is 5.41 Å². The molecule has 0 spiro atoms. The third kappa shape index (κ3) is 10.9. The van der Waals surface area contributed by atoms with Gasteiger partial charge < -0.3 is 30.1 Å². The second-order valence-electron chi connectivity index (χ2n) is 18.6. The van der Waals surface area contributed by atoms with Crippen molar-refractivity contribution in [3.63, 3.8) is 0 Å². The summed E-state index contributed by atoms with van der Waals surface area (Å²) in [5, 5.41) is 25.6. The van der Waals surface area contributed by atoms with Gasteiger partial charge in [0.25, 0.3) is 11.8 Å². The largest absolute Gasteiger partial charge is 0.493 e. The van der Waals surface area contributed by atoms with Gasteiger partial charge in [0.2, 0.25) is 11.8 Å². The van der Waals surface area contributed by atoms with Crippen molar-refractivity contribution >= 4 is 52.4 Å². The first kappa shape index (κ1) is 50.6. The normalized spacial score (nSPS) is 17.3. The molecule has 0 radical (unpaired) electrons. The molecule has 15 nitrogen and oxygen atoms in total. The average molecular weight is 980 g/mol. The Morgan fingerprint density at radius 1 is 0.943 bits per heavy atom. The van der Waals surface area contributed by atoms with E-state index in [0.717, 1.165) is 33.8 Å². The van der Waals surface area contributed by atoms with E-state index in [9.17, 15) is 47.5 Å². The molecule has 3 heterocycles. The number of nitrogens with zero attached hydrogens (tertiary/aromatic N) is 5. The monoisotopic (exact) mass is 979 g/mol. The lowest BCUT2D eigenvalue weighted by Gasteiger charge is -2.35. The Balaban J connectivity index is 0.905. The van der Waals surface area contributed by atoms with E-state index < -0.39 is 76.1 Å². The number of alkyl halides is 3. The first-order valence-electron chi connectivity index (χ1n) is 22.4. The summed E-state index contributed by atoms with van der Waals surface area (Å²) in [5.41, 5.74) is 0.687. The number of nitrogens with one attached hydrogen (secondary N) is 2. The molecule has 0 saturated carbocycles. The molecule has 3 atom stereocenters. The van der Waals surface area contributed by atoms with Crippen LogP contribution in [-0.2, 0) is 27.1 Å². The number of ether oxygens (including phenoxy) is 2. The molecule has 1 unspecified atom stereocenters. The molecule has 0 aliphatic carbocycles. The third-order valence-corrected chi connectivity index (χ3v) is 13.0. The van der Waals surface area contributed by atoms with Crippen LogP contribution in [0.5, 0.6) is 11.5 Å². The van der Waals surface area contributed by atoms with Gasteiger partial charge in [0.1, 0.15) is 29.1 Å². The van der Waals surface area contributed by atoms with Gasteiger partial charge in [-0.2, -0.15) is 18.4 Å². The van der Waals surface area contributed by atoms with Crippen LogP contribution in [0.4, 0.5) is 29.3 Å². The zero-order chi connectivity index (χ0) is 50.7. The minimum atomic E-state index is -4.89. The Bertz CT molecular complexity index is 2820. The molecule has 0 bridgehead atoms. The van der Waals surface area contributed by atoms with E-state index in [1.807, 2.05) is 31.2 Å². The van der Waals surface area contributed by atoms with Crippen molar-refractivity contribution < 1.29 is 51.7 Å². The number of hydrogen-bond donors (Lipinski definition) is 3. The zero-order valence-corrected chi connectivity index (χ0v) is 40.1. The first-order chi connectivity index (χ1) is 33.1. The number of imide groups is 1. The Morgan fingerprint density at radius 3 is 2.24 bits per heavy atom. The second kappa shape index (κ2) is 20.3. The average Bonchev–Trinajstić information content (AvgIpc) is 3.98. The molecular formula is C51H52F3N7O8S. The number of carbonyl (C=O) groups excluding carboxylic acids is 5. The highest BCUT2D eigenvalue weighted by molar-refractivity contribution is 7.13. The van der Waals surface area contributed by atoms with Crippen LogP contribution in [0, 0.1) is 23.7 Å². The molecule has 6 amide bonds. The maximum Gasteiger partial charge on any atom is 0.417 e. The fourth-order valence-electron chi connectivity index (χ4n) is 8.31. The molecular weight excluding hydrogens is 928 g/mol. The lowest BCUT2D eigenvalue weighted by molar-refractivity contribution is -0.142. The summed E-state index contributed by atoms with van der Waals surface area (Å²) in [7, 11) is 0. The van der Waals surface area contributed by atoms with E-state index in [2.05, 4.69) is 15.6 Å². The highest BCUT2D eigenvalue weighted by Gasteiger charge is 2.53. The molecule has 70 heavy (non-hydrogen) atoms. The van der Waals surface area contributed by atoms with E-state index in [-0.39, 0.29) is 44.0 Å². The molecule has 1 aromatic heterocycles. The molecule has 366 valence electrons. The smallest absolute Gasteiger partial charge is 0.417 e. The van der Waals surface area contributed by atoms with Crippen molar-refractivity contribution in [1.82, 2.24) is 20.5 Å². The summed E-state index contributed by atoms with van der Waals surface area (Å²) < 4.78 is 52.9. The Labute approximate surface area is 406 Å². The number of anilines is 2. The minimum absolute atomic E-state index is 0.0506. The van der Waals surface area contributed by atoms with Gasteiger partial charge in [-0.1, -0.05) is 51.1 Å². The minimum Gasteiger partial charge on any atom is -0.493 e. The molecule has 2 saturated heterocycles. The number of amides is 6. The van der Waals surface area contributed by atoms with E-state index >= 15 is 0 Å². The van der Waals surface area contributed by atoms with Crippen LogP contribution in [-0.4, -0.2) is 88.1 Å². The molecule has 7 rings (SSSR count). The number of halogens is 3. The number of urea groups is 1. The van der Waals surface area contributed by atoms with Crippen LogP contribution in [0.1, 0.15) is 80.2 Å². The van der Waals surface area contributed by atoms with Crippen LogP contribution in [0.15, 0.2) is 96.5 Å². The van der Waals surface area contributed by atoms with Gasteiger partial charge in [0, 0.05) is 37.2 Å². The Morgan fingerprint density at radius 2 is 1.61 bits per heavy atom. The lowest BCUT2D eigenvalue weighted by atomic mass is 9.85. The Kier molecular flexibility index (Phi) is 14.7. The summed E-state index contributed by atoms with van der Waals surface area (Å²) in [6.07, 6.45) is -5.34. The van der Waals surface area contributed by atoms with Crippen LogP contribution < -0.4 is 29.9 Å². The van der Waals surface area contributed by atoms with E-state index in [4.69, 9.17) is 9.47 Å². The number of aromatic nitrogens is 1. The molecule has 3 N–H and O–H groups in total. The molecule has 5 aromatic rings. The number of nitriles is 1. The number of benzene rings is 4. The first-order valence-corrected chi connectivity index (χ1v) is 23.3. The number of likely N-dealkylation sites (tertiary alicyclic amines) is 1. The standard InChI is InChI=1S/C51H52F3N7O8S/c1-30-42(70-29-57-30)32-13-11-31(12-14-32)27-56-45(64)41-25-37(62)28-59(41)46(65)43(49(2,3)4)58-44(63)33-9-7-10-39(23-33)69-22-8-21-68-38-19-17-35(18-20-38)61-48(67)60(47(66)50(61,5)6)36-16-15-34(26-55)40(24-36)51(52,53)54/h7,9-20,23-24,29,37,41,43,62H,8,21-22,25,27-28H2,1-6H3,(H,56,64)(H,58,63)/t37-,41+,43?/m1/s1. The quantitative estimate of drug-likeness (QED) is 0.0683. The topological polar surface area (TPSA) is 194 Å². The second-order valence-corrected chi connectivity index (χ2v) is 19.4. The molecule has 2 fully saturated rings. The summed E-state index contributed by atoms with van der Waals surface area (Å²) in [6.45, 7) is 10.9. The highest BCUT2D eigenvalue weighted by atomic mass is 32.1. The summed E-state index contributed by atoms with van der Waals surface area (Å²) in [6, 6.07) is 21.8. The van der Waals surface area contributed by atoms with Crippen molar-refractivity contribution in [2.75, 3.05) is 29.6 Å². The number of aliphatic hydroxyl groups is 1. The number of β-amino-alcohol motifs (C(OH)–C–C–N with tert-alkyl or cyclic N) is 1. The van der Waals surface area contributed by atoms with Gasteiger partial charge >= 0.3 is 12.2 Å². The number of aliphatic hydroxyl groups excluding tert-OH is 1. The van der Waals surface area contributed by atoms with Crippen LogP contribution >= 0.6 is 11.3 Å². The van der Waals surface area contributed by atoms with Gasteiger partial charge in [0.05, 0.1) is 58.3 Å². The SMILES string of the molecule is Cc1ncsc1-c1ccc(CNC(=O)[C@@H]2C[C@@H](O)CN2C(=O)C(NC(=O)c2cccc(OCCCOc3ccc(N4C(=O)N(c5ccc(C#N)c(C(F)(F)F)c5)C(=O)C4(C)C)cc3)c2)C(C)(C)C)cc1. The van der Waals surface area contributed by atoms with Gasteiger partial charge in [-0.3, -0.25) is 24.1 Å². The van der Waals surface area contributed by atoms with Crippen LogP contribution in [0.3, 0.4) is 0 Å². The number of rotatable bonds is 15. The summed E-state index contributed by atoms with van der Waals surface area (Å²) in [4.78, 5) is 77.1. The number of carbonyl (C=O) groups is 5. The molecule has 4 aromatic carbocycles. The van der Waals surface area contributed by atoms with Gasteiger partial charge in [0.15, 0.2) is 0 Å². The predicted molar refractivity (Wildman–Crippen MR) is 255 cm³/mol. The summed E-state index contributed by atoms with van der Waals surface area (Å²) >= 11 is 1.55. The molecule has 19 heteroatoms. The van der Waals surface area contributed by atoms with Gasteiger partial charge in [-0.25, -0.2) is 14.7 Å². The predicted octanol–water partition coefficient (Wildman–Crippen LogP) is 8.03. The maximum absolute atomic E-state index is 14.2. The van der Waals surface area contributed by atoms with E-state index in [1.54, 1.807) is 86.1 Å². The van der Waals surface area contributed by atoms with E-state index in [1.165, 1.54) is 29.7 Å². The highest BCUT2D eigenvalue weighted by Crippen LogP contribution is 2.40. The van der Waals surface area contributed by atoms with Gasteiger partial charge in [-0.05, 0) is 98.0 Å². The lowest BCUT2D eigenvalue weighted by Crippen LogP contribution is -2.57. The van der Waals surface area contributed by atoms with Crippen LogP contribution in [0.2, 0.25) is 0 Å². The van der Waals surface area contributed by atoms with Crippen LogP contribution in [0.25, 0.3) is 10.4 Å². The van der Waals surface area contributed by atoms with Gasteiger partial charge in [-0.15, -0.1) is 11.3 Å². The molecule has 2 aliphatic rings. The van der Waals surface area contributed by atoms with E-state index in [0.29, 0.717) is 34.6 Å². The summed E-state index contributed by atoms with van der Waals surface area (Å²) in [5.74, 6) is -1.38. The van der Waals surface area contributed by atoms with Crippen molar-refractivity contribution in [2.45, 2.75) is 90.8 Å².